The Bertz CT molecular complexity index is 1960. The summed E-state index contributed by atoms with van der Waals surface area (Å²) in [7, 11) is 2.00. The first-order valence-corrected chi connectivity index (χ1v) is 33.6. The molecule has 16 heteroatoms. The van der Waals surface area contributed by atoms with Crippen LogP contribution in [0.3, 0.4) is 0 Å². The van der Waals surface area contributed by atoms with Gasteiger partial charge in [-0.05, 0) is 156 Å². The van der Waals surface area contributed by atoms with E-state index in [-0.39, 0.29) is 0 Å². The van der Waals surface area contributed by atoms with E-state index in [0.29, 0.717) is 0 Å². The second-order valence-electron chi connectivity index (χ2n) is 13.7. The summed E-state index contributed by atoms with van der Waals surface area (Å²) in [5.41, 5.74) is 6.87. The molecule has 0 amide bonds. The third kappa shape index (κ3) is 99.7. The zero-order chi connectivity index (χ0) is 71.2. The first kappa shape index (κ1) is 106. The average molecular weight is 1280 g/mol. The molecule has 11 rings (SSSR count). The number of H-pyrrole nitrogens is 2. The Kier molecular flexibility index (Phi) is 122. The zero-order valence-electron chi connectivity index (χ0n) is 62.3. The largest absolute Gasteiger partial charge is 0.472 e. The van der Waals surface area contributed by atoms with Crippen LogP contribution in [0.5, 0.6) is 0 Å². The molecule has 510 valence electrons. The van der Waals surface area contributed by atoms with Crippen molar-refractivity contribution in [3.8, 4) is 0 Å². The van der Waals surface area contributed by atoms with Crippen molar-refractivity contribution in [2.45, 2.75) is 222 Å². The van der Waals surface area contributed by atoms with Gasteiger partial charge in [-0.15, -0.1) is 16.4 Å². The number of nitrogens with one attached hydrogen (secondary N) is 2. The molecular formula is C73H131N9O5S2. The standard InChI is InChI=1S/3C5H7N.2C5H6O.2C5H6S.C4H5N3.3C4H5NO.11C2H6/c1-5-2-3-6-4-5;1-6-4-2-3-5-6;1-5-3-2-4-6-5;1-5-2-3-6-4-5;1-5-3-2-4-6-5;1-5-2-3-6-4-5;1-5-3-2-4-6-5;1-4-2-6-7-3-5-4;1-4-2-6-3-5-4;1-4-2-5-3-6-4;1-4-5-2-3-6-4;11*1-2/h2-4,6H,1H3;2-5H,1H3;2-4,6H,1H3;4*2-4H,1H3;2-3H,1H3;3*2-3H,1H3;11*1-2H3. The molecule has 0 aliphatic heterocycles. The van der Waals surface area contributed by atoms with Gasteiger partial charge < -0.3 is 36.6 Å². The Balaban J connectivity index is -0.0000000810. The molecule has 0 fully saturated rings. The molecule has 0 unspecified atom stereocenters. The minimum absolute atomic E-state index is 0.718. The summed E-state index contributed by atoms with van der Waals surface area (Å²) in [5.74, 6) is 2.54. The van der Waals surface area contributed by atoms with E-state index in [2.05, 4.69) is 99.6 Å². The highest BCUT2D eigenvalue weighted by atomic mass is 32.1. The van der Waals surface area contributed by atoms with Crippen LogP contribution < -0.4 is 0 Å². The second-order valence-corrected chi connectivity index (χ2v) is 15.6. The minimum Gasteiger partial charge on any atom is -0.472 e. The van der Waals surface area contributed by atoms with Crippen LogP contribution in [0.4, 0.5) is 0 Å². The Morgan fingerprint density at radius 1 is 0.449 bits per heavy atom. The number of aromatic nitrogens is 9. The minimum atomic E-state index is 0.718. The lowest BCUT2D eigenvalue weighted by Gasteiger charge is -1.80. The highest BCUT2D eigenvalue weighted by Gasteiger charge is 1.81. The van der Waals surface area contributed by atoms with Crippen LogP contribution in [0.25, 0.3) is 0 Å². The molecule has 0 spiro atoms. The van der Waals surface area contributed by atoms with Gasteiger partial charge in [0.1, 0.15) is 30.4 Å². The highest BCUT2D eigenvalue weighted by molar-refractivity contribution is 7.09. The second kappa shape index (κ2) is 102. The Hall–Kier alpha value is -7.56. The summed E-state index contributed by atoms with van der Waals surface area (Å²) in [6.07, 6.45) is 27.1. The topological polar surface area (TPSA) is 180 Å². The predicted molar refractivity (Wildman–Crippen MR) is 395 cm³/mol. The molecule has 11 aromatic heterocycles. The van der Waals surface area contributed by atoms with E-state index < -0.39 is 0 Å². The van der Waals surface area contributed by atoms with Crippen molar-refractivity contribution >= 4 is 22.7 Å². The van der Waals surface area contributed by atoms with Crippen molar-refractivity contribution in [3.63, 3.8) is 0 Å². The molecule has 0 atom stereocenters. The third-order valence-electron chi connectivity index (χ3n) is 7.21. The fourth-order valence-electron chi connectivity index (χ4n) is 3.78. The summed E-state index contributed by atoms with van der Waals surface area (Å²) >= 11 is 3.52. The van der Waals surface area contributed by atoms with Crippen LogP contribution in [0.1, 0.15) is 208 Å². The number of oxazole rings is 3. The molecule has 2 N–H and O–H groups in total. The maximum absolute atomic E-state index is 4.83. The molecule has 0 aromatic carbocycles. The lowest BCUT2D eigenvalue weighted by molar-refractivity contribution is 0.521. The molecule has 0 aliphatic carbocycles. The van der Waals surface area contributed by atoms with Gasteiger partial charge in [0, 0.05) is 55.5 Å². The van der Waals surface area contributed by atoms with Gasteiger partial charge in [0.25, 0.3) is 0 Å². The molecule has 0 aliphatic rings. The van der Waals surface area contributed by atoms with Crippen LogP contribution in [0, 0.1) is 69.2 Å². The number of rotatable bonds is 0. The van der Waals surface area contributed by atoms with Gasteiger partial charge in [-0.2, -0.15) is 16.4 Å². The lowest BCUT2D eigenvalue weighted by Crippen LogP contribution is -1.83. The number of furan rings is 2. The molecule has 11 aromatic rings. The van der Waals surface area contributed by atoms with Crippen LogP contribution in [0.15, 0.2) is 205 Å². The molecule has 14 nitrogen and oxygen atoms in total. The van der Waals surface area contributed by atoms with E-state index in [1.807, 2.05) is 285 Å². The Morgan fingerprint density at radius 3 is 1.19 bits per heavy atom. The lowest BCUT2D eigenvalue weighted by atomic mass is 10.4. The molecule has 89 heavy (non-hydrogen) atoms. The molecule has 0 saturated carbocycles. The summed E-state index contributed by atoms with van der Waals surface area (Å²) in [6.45, 7) is 63.6. The van der Waals surface area contributed by atoms with Gasteiger partial charge in [0.05, 0.1) is 48.8 Å². The van der Waals surface area contributed by atoms with Crippen LogP contribution in [0.2, 0.25) is 0 Å². The fourth-order valence-corrected chi connectivity index (χ4v) is 4.97. The van der Waals surface area contributed by atoms with Crippen molar-refractivity contribution in [1.82, 2.24) is 44.7 Å². The van der Waals surface area contributed by atoms with Crippen molar-refractivity contribution < 1.29 is 22.1 Å². The normalized spacial score (nSPS) is 7.38. The molecule has 0 bridgehead atoms. The van der Waals surface area contributed by atoms with E-state index in [1.54, 1.807) is 79.5 Å². The molecule has 0 radical (unpaired) electrons. The van der Waals surface area contributed by atoms with Crippen LogP contribution >= 0.6 is 22.7 Å². The van der Waals surface area contributed by atoms with Gasteiger partial charge >= 0.3 is 0 Å². The van der Waals surface area contributed by atoms with E-state index in [9.17, 15) is 0 Å². The fraction of sp³-hybridized carbons (Fsp3) is 0.452. The number of nitrogens with zero attached hydrogens (tertiary/aromatic N) is 7. The molecule has 0 saturated heterocycles. The summed E-state index contributed by atoms with van der Waals surface area (Å²) in [4.78, 5) is 22.3. The van der Waals surface area contributed by atoms with Gasteiger partial charge in [0.2, 0.25) is 0 Å². The monoisotopic (exact) mass is 1280 g/mol. The maximum atomic E-state index is 4.83. The average Bonchev–Trinajstić information content (AvgIpc) is 4.42. The number of hydrogen-bond donors (Lipinski definition) is 2. The van der Waals surface area contributed by atoms with Gasteiger partial charge in [-0.1, -0.05) is 158 Å². The summed E-state index contributed by atoms with van der Waals surface area (Å²) < 4.78 is 25.6. The van der Waals surface area contributed by atoms with Gasteiger partial charge in [-0.3, -0.25) is 0 Å². The zero-order valence-corrected chi connectivity index (χ0v) is 63.9. The van der Waals surface area contributed by atoms with Crippen LogP contribution in [-0.2, 0) is 7.05 Å². The smallest absolute Gasteiger partial charge is 0.190 e. The predicted octanol–water partition coefficient (Wildman–Crippen LogP) is 25.4. The van der Waals surface area contributed by atoms with E-state index in [0.717, 1.165) is 28.8 Å². The maximum Gasteiger partial charge on any atom is 0.190 e. The SMILES string of the molecule is CC.CC.CC.CC.CC.CC.CC.CC.CC.CC.CC.Cc1cc[nH]c1.Cc1ccc[nH]1.Cc1ccco1.Cc1cccs1.Cc1ccoc1.Cc1ccsc1.Cc1cnco1.Cc1cnncn1.Cc1cocn1.Cc1ncco1.Cn1cccc1. The van der Waals surface area contributed by atoms with E-state index >= 15 is 0 Å². The van der Waals surface area contributed by atoms with Gasteiger partial charge in [0.15, 0.2) is 18.7 Å². The Morgan fingerprint density at radius 2 is 1.06 bits per heavy atom. The van der Waals surface area contributed by atoms with Crippen molar-refractivity contribution in [2.24, 2.45) is 7.05 Å². The third-order valence-corrected chi connectivity index (χ3v) is 8.81. The molecule has 11 heterocycles. The van der Waals surface area contributed by atoms with Crippen molar-refractivity contribution in [3.05, 3.63) is 239 Å². The first-order valence-electron chi connectivity index (χ1n) is 31.7. The number of thiophene rings is 2. The Labute approximate surface area is 554 Å². The number of aryl methyl sites for hydroxylation is 11. The first-order chi connectivity index (χ1) is 43.3. The van der Waals surface area contributed by atoms with Crippen molar-refractivity contribution in [2.75, 3.05) is 0 Å². The van der Waals surface area contributed by atoms with E-state index in [1.165, 1.54) is 46.4 Å². The van der Waals surface area contributed by atoms with Crippen molar-refractivity contribution in [1.29, 1.82) is 0 Å². The summed E-state index contributed by atoms with van der Waals surface area (Å²) in [5, 5.41) is 13.3. The van der Waals surface area contributed by atoms with Gasteiger partial charge in [-0.25, -0.2) is 19.9 Å². The van der Waals surface area contributed by atoms with Crippen LogP contribution in [-0.4, -0.2) is 44.7 Å². The molecular weight excluding hydrogens is 1150 g/mol. The number of aromatic amines is 2. The number of hydrogen-bond acceptors (Lipinski definition) is 13. The highest BCUT2D eigenvalue weighted by Crippen LogP contribution is 2.04. The van der Waals surface area contributed by atoms with E-state index in [4.69, 9.17) is 17.7 Å². The quantitative estimate of drug-likeness (QED) is 0.148. The summed E-state index contributed by atoms with van der Waals surface area (Å²) in [6, 6.07) is 22.0.